The lowest BCUT2D eigenvalue weighted by Crippen LogP contribution is -2.25. The van der Waals surface area contributed by atoms with E-state index in [4.69, 9.17) is 4.74 Å². The van der Waals surface area contributed by atoms with Crippen molar-refractivity contribution in [1.29, 1.82) is 0 Å². The SMILES string of the molecule is CN=C(/C=C\C(=O)C=CCc1cccc(NC(C)=O)c1)c1cccc(C(=O)NCCCOC)c1.[HH].[HH]. The third kappa shape index (κ3) is 9.34. The molecular weight excluding hydrogens is 430 g/mol. The molecule has 7 nitrogen and oxygen atoms in total. The van der Waals surface area contributed by atoms with Crippen molar-refractivity contribution in [2.45, 2.75) is 19.8 Å². The first-order valence-corrected chi connectivity index (χ1v) is 11.0. The summed E-state index contributed by atoms with van der Waals surface area (Å²) in [6, 6.07) is 14.6. The van der Waals surface area contributed by atoms with Gasteiger partial charge < -0.3 is 15.4 Å². The number of rotatable bonds is 12. The molecule has 0 aliphatic rings. The van der Waals surface area contributed by atoms with Gasteiger partial charge in [0.25, 0.3) is 5.91 Å². The number of carbonyl (C=O) groups is 3. The Bertz CT molecular complexity index is 1100. The first-order valence-electron chi connectivity index (χ1n) is 11.0. The summed E-state index contributed by atoms with van der Waals surface area (Å²) in [5.41, 5.74) is 3.57. The molecule has 0 aliphatic carbocycles. The Morgan fingerprint density at radius 3 is 2.53 bits per heavy atom. The zero-order chi connectivity index (χ0) is 24.8. The van der Waals surface area contributed by atoms with Gasteiger partial charge in [-0.25, -0.2) is 0 Å². The molecule has 2 rings (SSSR count). The van der Waals surface area contributed by atoms with Gasteiger partial charge in [0.2, 0.25) is 5.91 Å². The Hall–Kier alpha value is -3.84. The first-order chi connectivity index (χ1) is 16.4. The van der Waals surface area contributed by atoms with Gasteiger partial charge in [-0.3, -0.25) is 19.4 Å². The van der Waals surface area contributed by atoms with Crippen molar-refractivity contribution >= 4 is 29.0 Å². The first kappa shape index (κ1) is 26.4. The number of carbonyl (C=O) groups excluding carboxylic acids is 3. The molecule has 182 valence electrons. The summed E-state index contributed by atoms with van der Waals surface area (Å²) in [4.78, 5) is 40.1. The van der Waals surface area contributed by atoms with Crippen molar-refractivity contribution in [3.63, 3.8) is 0 Å². The van der Waals surface area contributed by atoms with E-state index in [-0.39, 0.29) is 20.5 Å². The number of methoxy groups -OCH3 is 1. The summed E-state index contributed by atoms with van der Waals surface area (Å²) in [5, 5.41) is 5.60. The van der Waals surface area contributed by atoms with Crippen molar-refractivity contribution < 1.29 is 22.0 Å². The van der Waals surface area contributed by atoms with Gasteiger partial charge in [-0.2, -0.15) is 0 Å². The molecule has 0 saturated heterocycles. The number of benzene rings is 2. The van der Waals surface area contributed by atoms with Crippen molar-refractivity contribution in [2.24, 2.45) is 4.99 Å². The molecule has 0 atom stereocenters. The average molecular weight is 466 g/mol. The highest BCUT2D eigenvalue weighted by Gasteiger charge is 2.08. The Morgan fingerprint density at radius 2 is 1.79 bits per heavy atom. The highest BCUT2D eigenvalue weighted by atomic mass is 16.5. The van der Waals surface area contributed by atoms with E-state index >= 15 is 0 Å². The number of hydrogen-bond acceptors (Lipinski definition) is 5. The average Bonchev–Trinajstić information content (AvgIpc) is 2.82. The van der Waals surface area contributed by atoms with Crippen LogP contribution in [0.15, 0.2) is 77.8 Å². The predicted molar refractivity (Wildman–Crippen MR) is 140 cm³/mol. The van der Waals surface area contributed by atoms with E-state index in [0.717, 1.165) is 23.2 Å². The minimum atomic E-state index is -0.175. The molecular formula is C27H35N3O4. The van der Waals surface area contributed by atoms with Crippen LogP contribution < -0.4 is 10.6 Å². The standard InChI is InChI=1S/C27H31N3O4.2H2/c1-20(31)30-24-12-4-8-21(18-24)9-5-13-25(32)14-15-26(28-2)22-10-6-11-23(19-22)27(33)29-16-7-17-34-3;;/h4-6,8,10-15,18-19H,7,9,16-17H2,1-3H3,(H,29,33)(H,30,31);2*1H/b13-5?,15-14-,28-26?;;. The summed E-state index contributed by atoms with van der Waals surface area (Å²) >= 11 is 0. The van der Waals surface area contributed by atoms with E-state index < -0.39 is 0 Å². The van der Waals surface area contributed by atoms with Crippen molar-refractivity contribution in [1.82, 2.24) is 5.32 Å². The number of nitrogens with zero attached hydrogens (tertiary/aromatic N) is 1. The number of ether oxygens (including phenoxy) is 1. The fourth-order valence-electron chi connectivity index (χ4n) is 3.15. The Balaban J connectivity index is 0.00000612. The van der Waals surface area contributed by atoms with Crippen LogP contribution in [-0.2, 0) is 20.7 Å². The highest BCUT2D eigenvalue weighted by molar-refractivity contribution is 6.13. The highest BCUT2D eigenvalue weighted by Crippen LogP contribution is 2.12. The summed E-state index contributed by atoms with van der Waals surface area (Å²) < 4.78 is 4.98. The van der Waals surface area contributed by atoms with Crippen LogP contribution in [0, 0.1) is 0 Å². The number of allylic oxidation sites excluding steroid dienone is 4. The molecule has 2 N–H and O–H groups in total. The number of hydrogen-bond donors (Lipinski definition) is 2. The number of aliphatic imine (C=N–C) groups is 1. The number of amides is 2. The molecule has 0 aliphatic heterocycles. The monoisotopic (exact) mass is 465 g/mol. The predicted octanol–water partition coefficient (Wildman–Crippen LogP) is 4.25. The lowest BCUT2D eigenvalue weighted by atomic mass is 10.0. The summed E-state index contributed by atoms with van der Waals surface area (Å²) in [6.07, 6.45) is 7.66. The molecule has 0 spiro atoms. The molecule has 0 saturated carbocycles. The van der Waals surface area contributed by atoms with E-state index in [2.05, 4.69) is 15.6 Å². The van der Waals surface area contributed by atoms with Gasteiger partial charge >= 0.3 is 0 Å². The van der Waals surface area contributed by atoms with Crippen LogP contribution in [-0.4, -0.2) is 50.6 Å². The van der Waals surface area contributed by atoms with Crippen LogP contribution in [0.4, 0.5) is 5.69 Å². The third-order valence-electron chi connectivity index (χ3n) is 4.76. The lowest BCUT2D eigenvalue weighted by Gasteiger charge is -2.07. The quantitative estimate of drug-likeness (QED) is 0.278. The van der Waals surface area contributed by atoms with E-state index in [0.29, 0.717) is 30.8 Å². The minimum Gasteiger partial charge on any atom is -0.385 e. The van der Waals surface area contributed by atoms with Gasteiger partial charge in [-0.05, 0) is 60.9 Å². The van der Waals surface area contributed by atoms with Crippen molar-refractivity contribution in [2.75, 3.05) is 32.6 Å². The molecule has 2 aromatic rings. The zero-order valence-electron chi connectivity index (χ0n) is 19.8. The van der Waals surface area contributed by atoms with Gasteiger partial charge in [0.05, 0.1) is 5.71 Å². The van der Waals surface area contributed by atoms with Gasteiger partial charge in [0.15, 0.2) is 5.78 Å². The maximum absolute atomic E-state index is 12.4. The molecule has 0 heterocycles. The van der Waals surface area contributed by atoms with Crippen LogP contribution in [0.25, 0.3) is 0 Å². The zero-order valence-corrected chi connectivity index (χ0v) is 19.8. The topological polar surface area (TPSA) is 96.9 Å². The molecule has 0 aromatic heterocycles. The largest absolute Gasteiger partial charge is 0.385 e. The Kier molecular flexibility index (Phi) is 11.1. The van der Waals surface area contributed by atoms with E-state index in [1.807, 2.05) is 30.3 Å². The van der Waals surface area contributed by atoms with Crippen LogP contribution in [0.1, 0.15) is 37.7 Å². The third-order valence-corrected chi connectivity index (χ3v) is 4.76. The second-order valence-electron chi connectivity index (χ2n) is 7.52. The second kappa shape index (κ2) is 14.3. The van der Waals surface area contributed by atoms with Gasteiger partial charge in [0.1, 0.15) is 0 Å². The molecule has 0 bridgehead atoms. The number of anilines is 1. The second-order valence-corrected chi connectivity index (χ2v) is 7.52. The fraction of sp³-hybridized carbons (Fsp3) is 0.259. The van der Waals surface area contributed by atoms with Crippen molar-refractivity contribution in [3.8, 4) is 0 Å². The van der Waals surface area contributed by atoms with Crippen LogP contribution in [0.5, 0.6) is 0 Å². The fourth-order valence-corrected chi connectivity index (χ4v) is 3.15. The van der Waals surface area contributed by atoms with Gasteiger partial charge in [-0.1, -0.05) is 30.3 Å². The minimum absolute atomic E-state index is 0. The maximum atomic E-state index is 12.4. The normalized spacial score (nSPS) is 11.7. The Labute approximate surface area is 203 Å². The summed E-state index contributed by atoms with van der Waals surface area (Å²) in [7, 11) is 3.26. The molecule has 2 amide bonds. The van der Waals surface area contributed by atoms with Gasteiger partial charge in [0, 0.05) is 53.9 Å². The maximum Gasteiger partial charge on any atom is 0.251 e. The Morgan fingerprint density at radius 1 is 1.03 bits per heavy atom. The molecule has 0 unspecified atom stereocenters. The molecule has 2 aromatic carbocycles. The van der Waals surface area contributed by atoms with Gasteiger partial charge in [-0.15, -0.1) is 0 Å². The summed E-state index contributed by atoms with van der Waals surface area (Å²) in [6.45, 7) is 2.58. The summed E-state index contributed by atoms with van der Waals surface area (Å²) in [5.74, 6) is -0.472. The molecule has 34 heavy (non-hydrogen) atoms. The van der Waals surface area contributed by atoms with Crippen LogP contribution in [0.3, 0.4) is 0 Å². The van der Waals surface area contributed by atoms with E-state index in [1.54, 1.807) is 44.5 Å². The molecule has 7 heteroatoms. The smallest absolute Gasteiger partial charge is 0.251 e. The van der Waals surface area contributed by atoms with E-state index in [9.17, 15) is 14.4 Å². The van der Waals surface area contributed by atoms with E-state index in [1.165, 1.54) is 19.1 Å². The van der Waals surface area contributed by atoms with Crippen LogP contribution >= 0.6 is 0 Å². The molecule has 0 fully saturated rings. The number of ketones is 1. The van der Waals surface area contributed by atoms with Crippen molar-refractivity contribution in [3.05, 3.63) is 89.5 Å². The van der Waals surface area contributed by atoms with Crippen LogP contribution in [0.2, 0.25) is 0 Å². The molecule has 0 radical (unpaired) electrons. The number of nitrogens with one attached hydrogen (secondary N) is 2. The lowest BCUT2D eigenvalue weighted by molar-refractivity contribution is -0.114.